The molecule has 8 heteroatoms. The van der Waals surface area contributed by atoms with Crippen LogP contribution in [0.15, 0.2) is 55.1 Å². The molecule has 1 fully saturated rings. The van der Waals surface area contributed by atoms with Crippen molar-refractivity contribution in [1.29, 1.82) is 0 Å². The molecule has 3 heterocycles. The highest BCUT2D eigenvalue weighted by Gasteiger charge is 2.23. The van der Waals surface area contributed by atoms with Gasteiger partial charge in [0.2, 0.25) is 5.95 Å². The number of benzene rings is 2. The Labute approximate surface area is 174 Å². The summed E-state index contributed by atoms with van der Waals surface area (Å²) in [5.41, 5.74) is 2.95. The van der Waals surface area contributed by atoms with Crippen LogP contribution in [0, 0.1) is 0 Å². The number of carbonyl (C=O) groups excluding carboxylic acids is 1. The lowest BCUT2D eigenvalue weighted by atomic mass is 10.0. The van der Waals surface area contributed by atoms with E-state index in [1.54, 1.807) is 0 Å². The number of nitrogens with one attached hydrogen (secondary N) is 1. The number of aryl methyl sites for hydroxylation is 1. The Morgan fingerprint density at radius 2 is 1.83 bits per heavy atom. The summed E-state index contributed by atoms with van der Waals surface area (Å²) in [7, 11) is 0. The molecule has 0 radical (unpaired) electrons. The normalized spacial score (nSPS) is 14.4. The maximum absolute atomic E-state index is 13.0. The van der Waals surface area contributed by atoms with Crippen LogP contribution in [0.25, 0.3) is 21.9 Å². The first-order valence-corrected chi connectivity index (χ1v) is 10.2. The van der Waals surface area contributed by atoms with Gasteiger partial charge in [-0.05, 0) is 41.5 Å². The highest BCUT2D eigenvalue weighted by Crippen LogP contribution is 2.25. The Hall–Kier alpha value is -3.68. The van der Waals surface area contributed by atoms with Gasteiger partial charge < -0.3 is 9.80 Å². The quantitative estimate of drug-likeness (QED) is 0.569. The summed E-state index contributed by atoms with van der Waals surface area (Å²) in [6.45, 7) is 5.73. The van der Waals surface area contributed by atoms with Crippen molar-refractivity contribution in [2.45, 2.75) is 13.5 Å². The second kappa shape index (κ2) is 7.62. The van der Waals surface area contributed by atoms with Crippen LogP contribution in [0.1, 0.15) is 17.3 Å². The van der Waals surface area contributed by atoms with Crippen molar-refractivity contribution in [3.63, 3.8) is 0 Å². The van der Waals surface area contributed by atoms with Crippen LogP contribution >= 0.6 is 0 Å². The Morgan fingerprint density at radius 1 is 1.03 bits per heavy atom. The maximum atomic E-state index is 13.0. The van der Waals surface area contributed by atoms with Gasteiger partial charge in [0.05, 0.1) is 6.20 Å². The minimum Gasteiger partial charge on any atom is -0.338 e. The molecule has 4 aromatic rings. The van der Waals surface area contributed by atoms with E-state index in [1.807, 2.05) is 34.0 Å². The highest BCUT2D eigenvalue weighted by molar-refractivity contribution is 5.99. The van der Waals surface area contributed by atoms with E-state index in [0.29, 0.717) is 13.1 Å². The van der Waals surface area contributed by atoms with Crippen LogP contribution < -0.4 is 4.90 Å². The first-order valence-electron chi connectivity index (χ1n) is 10.2. The van der Waals surface area contributed by atoms with Gasteiger partial charge in [0, 0.05) is 50.0 Å². The number of H-pyrrole nitrogens is 1. The van der Waals surface area contributed by atoms with Crippen LogP contribution in [0.4, 0.5) is 5.95 Å². The third kappa shape index (κ3) is 3.41. The van der Waals surface area contributed by atoms with E-state index in [-0.39, 0.29) is 5.91 Å². The minimum absolute atomic E-state index is 0.0717. The van der Waals surface area contributed by atoms with Gasteiger partial charge in [-0.25, -0.2) is 5.10 Å². The number of aromatic nitrogens is 5. The molecule has 2 aromatic heterocycles. The Kier molecular flexibility index (Phi) is 4.66. The molecule has 0 aliphatic carbocycles. The lowest BCUT2D eigenvalue weighted by Crippen LogP contribution is -2.49. The molecule has 0 bridgehead atoms. The molecule has 1 aliphatic rings. The average molecular weight is 401 g/mol. The Balaban J connectivity index is 1.32. The van der Waals surface area contributed by atoms with Gasteiger partial charge in [-0.15, -0.1) is 0 Å². The van der Waals surface area contributed by atoms with Crippen molar-refractivity contribution >= 4 is 22.6 Å². The number of nitrogens with zero attached hydrogens (tertiary/aromatic N) is 6. The number of fused-ring (bicyclic) bond motifs is 1. The van der Waals surface area contributed by atoms with Gasteiger partial charge in [-0.3, -0.25) is 9.48 Å². The van der Waals surface area contributed by atoms with E-state index < -0.39 is 0 Å². The molecule has 1 aliphatic heterocycles. The van der Waals surface area contributed by atoms with Gasteiger partial charge in [-0.2, -0.15) is 15.2 Å². The lowest BCUT2D eigenvalue weighted by Gasteiger charge is -2.34. The van der Waals surface area contributed by atoms with E-state index >= 15 is 0 Å². The molecule has 0 atom stereocenters. The molecule has 1 amide bonds. The second-order valence-electron chi connectivity index (χ2n) is 7.45. The zero-order valence-corrected chi connectivity index (χ0v) is 16.8. The third-order valence-electron chi connectivity index (χ3n) is 5.65. The predicted octanol–water partition coefficient (Wildman–Crippen LogP) is 2.80. The highest BCUT2D eigenvalue weighted by atomic mass is 16.2. The van der Waals surface area contributed by atoms with E-state index in [4.69, 9.17) is 0 Å². The van der Waals surface area contributed by atoms with E-state index in [9.17, 15) is 4.79 Å². The minimum atomic E-state index is 0.0717. The number of amides is 1. The Bertz CT molecular complexity index is 1170. The number of hydrogen-bond donors (Lipinski definition) is 1. The van der Waals surface area contributed by atoms with Crippen molar-refractivity contribution in [1.82, 2.24) is 29.9 Å². The topological polar surface area (TPSA) is 82.9 Å². The molecule has 1 N–H and O–H groups in total. The van der Waals surface area contributed by atoms with Gasteiger partial charge in [0.25, 0.3) is 5.91 Å². The summed E-state index contributed by atoms with van der Waals surface area (Å²) in [4.78, 5) is 21.2. The summed E-state index contributed by atoms with van der Waals surface area (Å²) in [6.07, 6.45) is 5.45. The van der Waals surface area contributed by atoms with Crippen LogP contribution in [-0.4, -0.2) is 61.9 Å². The van der Waals surface area contributed by atoms with Gasteiger partial charge in [-0.1, -0.05) is 18.2 Å². The van der Waals surface area contributed by atoms with Crippen molar-refractivity contribution in [2.24, 2.45) is 0 Å². The summed E-state index contributed by atoms with van der Waals surface area (Å²) in [5.74, 6) is 0.829. The van der Waals surface area contributed by atoms with Gasteiger partial charge >= 0.3 is 0 Å². The lowest BCUT2D eigenvalue weighted by molar-refractivity contribution is 0.0746. The molecule has 0 spiro atoms. The number of rotatable bonds is 4. The fraction of sp³-hybridized carbons (Fsp3) is 0.273. The van der Waals surface area contributed by atoms with Crippen molar-refractivity contribution in [2.75, 3.05) is 31.1 Å². The fourth-order valence-corrected chi connectivity index (χ4v) is 3.90. The fourth-order valence-electron chi connectivity index (χ4n) is 3.90. The maximum Gasteiger partial charge on any atom is 0.253 e. The van der Waals surface area contributed by atoms with Crippen molar-refractivity contribution in [3.8, 4) is 11.1 Å². The molecule has 30 heavy (non-hydrogen) atoms. The molecule has 0 unspecified atom stereocenters. The monoisotopic (exact) mass is 401 g/mol. The molecule has 0 saturated carbocycles. The number of piperazine rings is 1. The summed E-state index contributed by atoms with van der Waals surface area (Å²) in [5, 5.41) is 13.3. The van der Waals surface area contributed by atoms with Crippen LogP contribution in [-0.2, 0) is 6.54 Å². The Morgan fingerprint density at radius 3 is 2.57 bits per heavy atom. The van der Waals surface area contributed by atoms with Crippen molar-refractivity contribution < 1.29 is 4.79 Å². The second-order valence-corrected chi connectivity index (χ2v) is 7.45. The third-order valence-corrected chi connectivity index (χ3v) is 5.65. The van der Waals surface area contributed by atoms with Gasteiger partial charge in [0.1, 0.15) is 6.33 Å². The van der Waals surface area contributed by atoms with E-state index in [2.05, 4.69) is 56.5 Å². The predicted molar refractivity (Wildman–Crippen MR) is 115 cm³/mol. The van der Waals surface area contributed by atoms with Crippen LogP contribution in [0.5, 0.6) is 0 Å². The molecular formula is C22H23N7O. The SMILES string of the molecule is CCn1cc(-c2ccc3cc(C(=O)N4CCN(c5ncn[nH]5)CC4)ccc3c2)cn1. The molecule has 8 nitrogen and oxygen atoms in total. The number of carbonyl (C=O) groups is 1. The largest absolute Gasteiger partial charge is 0.338 e. The number of hydrogen-bond acceptors (Lipinski definition) is 5. The molecule has 1 saturated heterocycles. The molecule has 2 aromatic carbocycles. The van der Waals surface area contributed by atoms with Crippen LogP contribution in [0.3, 0.4) is 0 Å². The standard InChI is InChI=1S/C22H23N7O/c1-2-29-14-20(13-25-29)18-4-3-17-12-19(6-5-16(17)11-18)21(30)27-7-9-28(10-8-27)22-23-15-24-26-22/h3-6,11-15H,2,7-10H2,1H3,(H,23,24,26). The smallest absolute Gasteiger partial charge is 0.253 e. The van der Waals surface area contributed by atoms with Gasteiger partial charge in [0.15, 0.2) is 0 Å². The van der Waals surface area contributed by atoms with E-state index in [0.717, 1.165) is 53.0 Å². The van der Waals surface area contributed by atoms with Crippen LogP contribution in [0.2, 0.25) is 0 Å². The first kappa shape index (κ1) is 18.4. The average Bonchev–Trinajstić information content (AvgIpc) is 3.50. The van der Waals surface area contributed by atoms with Crippen molar-refractivity contribution in [3.05, 3.63) is 60.7 Å². The number of anilines is 1. The summed E-state index contributed by atoms with van der Waals surface area (Å²) in [6, 6.07) is 12.3. The first-order chi connectivity index (χ1) is 14.7. The zero-order valence-electron chi connectivity index (χ0n) is 16.8. The molecule has 152 valence electrons. The zero-order chi connectivity index (χ0) is 20.5. The summed E-state index contributed by atoms with van der Waals surface area (Å²) >= 11 is 0. The summed E-state index contributed by atoms with van der Waals surface area (Å²) < 4.78 is 1.92. The molecule has 5 rings (SSSR count). The molecular weight excluding hydrogens is 378 g/mol. The number of aromatic amines is 1. The van der Waals surface area contributed by atoms with E-state index in [1.165, 1.54) is 6.33 Å².